The quantitative estimate of drug-likeness (QED) is 0.835. The van der Waals surface area contributed by atoms with Gasteiger partial charge in [0.05, 0.1) is 18.6 Å². The zero-order valence-corrected chi connectivity index (χ0v) is 11.1. The highest BCUT2D eigenvalue weighted by atomic mass is 16.5. The SMILES string of the molecule is O=C(CCC1CCCO1)C1COc2ccccc2C1. The van der Waals surface area contributed by atoms with Crippen molar-refractivity contribution in [2.45, 2.75) is 38.2 Å². The van der Waals surface area contributed by atoms with Crippen LogP contribution in [0.3, 0.4) is 0 Å². The van der Waals surface area contributed by atoms with Crippen LogP contribution in [0.1, 0.15) is 31.2 Å². The standard InChI is InChI=1S/C16H20O3/c17-15(8-7-14-5-3-9-18-14)13-10-12-4-1-2-6-16(12)19-11-13/h1-2,4,6,13-14H,3,5,7-11H2. The normalized spacial score (nSPS) is 25.7. The van der Waals surface area contributed by atoms with E-state index in [1.165, 1.54) is 0 Å². The van der Waals surface area contributed by atoms with E-state index in [1.807, 2.05) is 18.2 Å². The largest absolute Gasteiger partial charge is 0.493 e. The summed E-state index contributed by atoms with van der Waals surface area (Å²) in [5, 5.41) is 0. The lowest BCUT2D eigenvalue weighted by molar-refractivity contribution is -0.124. The van der Waals surface area contributed by atoms with Crippen molar-refractivity contribution in [2.24, 2.45) is 5.92 Å². The maximum Gasteiger partial charge on any atom is 0.139 e. The van der Waals surface area contributed by atoms with Crippen LogP contribution >= 0.6 is 0 Å². The Morgan fingerprint density at radius 1 is 1.32 bits per heavy atom. The van der Waals surface area contributed by atoms with E-state index in [2.05, 4.69) is 6.07 Å². The fourth-order valence-electron chi connectivity index (χ4n) is 2.91. The molecule has 0 spiro atoms. The first-order valence-corrected chi connectivity index (χ1v) is 7.18. The molecule has 2 unspecified atom stereocenters. The summed E-state index contributed by atoms with van der Waals surface area (Å²) in [4.78, 5) is 12.2. The molecule has 0 N–H and O–H groups in total. The third-order valence-electron chi connectivity index (χ3n) is 4.07. The van der Waals surface area contributed by atoms with E-state index >= 15 is 0 Å². The predicted octanol–water partition coefficient (Wildman–Crippen LogP) is 2.77. The molecule has 0 aliphatic carbocycles. The van der Waals surface area contributed by atoms with Gasteiger partial charge >= 0.3 is 0 Å². The van der Waals surface area contributed by atoms with E-state index in [1.54, 1.807) is 0 Å². The molecule has 0 amide bonds. The number of ketones is 1. The van der Waals surface area contributed by atoms with E-state index in [0.29, 0.717) is 24.9 Å². The molecule has 0 saturated carbocycles. The third kappa shape index (κ3) is 2.98. The number of ether oxygens (including phenoxy) is 2. The molecule has 19 heavy (non-hydrogen) atoms. The Hall–Kier alpha value is -1.35. The Morgan fingerprint density at radius 3 is 3.05 bits per heavy atom. The van der Waals surface area contributed by atoms with Crippen LogP contribution in [-0.2, 0) is 16.0 Å². The van der Waals surface area contributed by atoms with Crippen LogP contribution < -0.4 is 4.74 Å². The molecule has 2 aliphatic rings. The van der Waals surface area contributed by atoms with Gasteiger partial charge in [-0.05, 0) is 37.3 Å². The molecule has 1 fully saturated rings. The molecule has 0 bridgehead atoms. The van der Waals surface area contributed by atoms with Gasteiger partial charge in [0.1, 0.15) is 11.5 Å². The van der Waals surface area contributed by atoms with Crippen LogP contribution in [0.15, 0.2) is 24.3 Å². The van der Waals surface area contributed by atoms with Gasteiger partial charge in [-0.25, -0.2) is 0 Å². The highest BCUT2D eigenvalue weighted by Crippen LogP contribution is 2.28. The van der Waals surface area contributed by atoms with Crippen molar-refractivity contribution in [1.82, 2.24) is 0 Å². The van der Waals surface area contributed by atoms with Crippen LogP contribution in [0.2, 0.25) is 0 Å². The molecule has 2 atom stereocenters. The highest BCUT2D eigenvalue weighted by molar-refractivity contribution is 5.81. The van der Waals surface area contributed by atoms with Gasteiger partial charge in [0.2, 0.25) is 0 Å². The second-order valence-corrected chi connectivity index (χ2v) is 5.46. The number of fused-ring (bicyclic) bond motifs is 1. The number of carbonyl (C=O) groups is 1. The zero-order valence-electron chi connectivity index (χ0n) is 11.1. The van der Waals surface area contributed by atoms with Gasteiger partial charge in [0.15, 0.2) is 0 Å². The number of carbonyl (C=O) groups excluding carboxylic acids is 1. The fourth-order valence-corrected chi connectivity index (χ4v) is 2.91. The summed E-state index contributed by atoms with van der Waals surface area (Å²) in [6.07, 6.45) is 4.87. The lowest BCUT2D eigenvalue weighted by Gasteiger charge is -2.24. The Kier molecular flexibility index (Phi) is 3.83. The average molecular weight is 260 g/mol. The Balaban J connectivity index is 1.54. The first-order chi connectivity index (χ1) is 9.33. The zero-order chi connectivity index (χ0) is 13.1. The molecule has 3 rings (SSSR count). The molecule has 0 aromatic heterocycles. The van der Waals surface area contributed by atoms with Crippen molar-refractivity contribution >= 4 is 5.78 Å². The van der Waals surface area contributed by atoms with E-state index in [0.717, 1.165) is 43.6 Å². The van der Waals surface area contributed by atoms with E-state index < -0.39 is 0 Å². The third-order valence-corrected chi connectivity index (χ3v) is 4.07. The van der Waals surface area contributed by atoms with E-state index in [-0.39, 0.29) is 5.92 Å². The summed E-state index contributed by atoms with van der Waals surface area (Å²) in [5.74, 6) is 1.28. The van der Waals surface area contributed by atoms with Crippen molar-refractivity contribution in [2.75, 3.05) is 13.2 Å². The number of rotatable bonds is 4. The van der Waals surface area contributed by atoms with Gasteiger partial charge in [0, 0.05) is 13.0 Å². The Bertz CT molecular complexity index is 449. The molecule has 2 heterocycles. The van der Waals surface area contributed by atoms with Gasteiger partial charge in [-0.15, -0.1) is 0 Å². The summed E-state index contributed by atoms with van der Waals surface area (Å²) in [5.41, 5.74) is 1.16. The van der Waals surface area contributed by atoms with E-state index in [4.69, 9.17) is 9.47 Å². The van der Waals surface area contributed by atoms with Crippen LogP contribution in [0, 0.1) is 5.92 Å². The number of benzene rings is 1. The maximum atomic E-state index is 12.2. The first kappa shape index (κ1) is 12.7. The first-order valence-electron chi connectivity index (χ1n) is 7.18. The van der Waals surface area contributed by atoms with Gasteiger partial charge < -0.3 is 9.47 Å². The van der Waals surface area contributed by atoms with Crippen LogP contribution in [0.25, 0.3) is 0 Å². The van der Waals surface area contributed by atoms with Crippen molar-refractivity contribution in [3.05, 3.63) is 29.8 Å². The molecule has 3 nitrogen and oxygen atoms in total. The molecule has 3 heteroatoms. The van der Waals surface area contributed by atoms with Gasteiger partial charge in [-0.1, -0.05) is 18.2 Å². The van der Waals surface area contributed by atoms with Gasteiger partial charge in [-0.2, -0.15) is 0 Å². The molecule has 1 aromatic rings. The van der Waals surface area contributed by atoms with Crippen LogP contribution in [-0.4, -0.2) is 25.1 Å². The fraction of sp³-hybridized carbons (Fsp3) is 0.562. The summed E-state index contributed by atoms with van der Waals surface area (Å²) < 4.78 is 11.2. The van der Waals surface area contributed by atoms with Crippen molar-refractivity contribution < 1.29 is 14.3 Å². The second-order valence-electron chi connectivity index (χ2n) is 5.46. The Morgan fingerprint density at radius 2 is 2.21 bits per heavy atom. The minimum Gasteiger partial charge on any atom is -0.493 e. The molecular formula is C16H20O3. The number of para-hydroxylation sites is 1. The second kappa shape index (κ2) is 5.74. The minimum absolute atomic E-state index is 0.0244. The lowest BCUT2D eigenvalue weighted by Crippen LogP contribution is -2.28. The minimum atomic E-state index is 0.0244. The monoisotopic (exact) mass is 260 g/mol. The maximum absolute atomic E-state index is 12.2. The molecular weight excluding hydrogens is 240 g/mol. The molecule has 1 saturated heterocycles. The Labute approximate surface area is 113 Å². The van der Waals surface area contributed by atoms with Gasteiger partial charge in [-0.3, -0.25) is 4.79 Å². The summed E-state index contributed by atoms with van der Waals surface area (Å²) >= 11 is 0. The number of hydrogen-bond acceptors (Lipinski definition) is 3. The molecule has 0 radical (unpaired) electrons. The van der Waals surface area contributed by atoms with Crippen LogP contribution in [0.5, 0.6) is 5.75 Å². The topological polar surface area (TPSA) is 35.5 Å². The number of hydrogen-bond donors (Lipinski definition) is 0. The molecule has 1 aromatic carbocycles. The molecule has 102 valence electrons. The van der Waals surface area contributed by atoms with Crippen molar-refractivity contribution in [3.63, 3.8) is 0 Å². The summed E-state index contributed by atoms with van der Waals surface area (Å²) in [6.45, 7) is 1.39. The smallest absolute Gasteiger partial charge is 0.139 e. The van der Waals surface area contributed by atoms with Gasteiger partial charge in [0.25, 0.3) is 0 Å². The summed E-state index contributed by atoms with van der Waals surface area (Å²) in [7, 11) is 0. The lowest BCUT2D eigenvalue weighted by atomic mass is 9.90. The van der Waals surface area contributed by atoms with Crippen molar-refractivity contribution in [1.29, 1.82) is 0 Å². The summed E-state index contributed by atoms with van der Waals surface area (Å²) in [6, 6.07) is 8.00. The number of Topliss-reactive ketones (excluding diaryl/α,β-unsaturated/α-hetero) is 1. The predicted molar refractivity (Wildman–Crippen MR) is 72.3 cm³/mol. The average Bonchev–Trinajstić information content (AvgIpc) is 2.97. The van der Waals surface area contributed by atoms with Crippen LogP contribution in [0.4, 0.5) is 0 Å². The highest BCUT2D eigenvalue weighted by Gasteiger charge is 2.26. The molecule has 2 aliphatic heterocycles. The van der Waals surface area contributed by atoms with E-state index in [9.17, 15) is 4.79 Å². The van der Waals surface area contributed by atoms with Crippen molar-refractivity contribution in [3.8, 4) is 5.75 Å².